The molecule has 0 radical (unpaired) electrons. The van der Waals surface area contributed by atoms with Gasteiger partial charge in [-0.05, 0) is 42.3 Å². The number of anilines is 1. The standard InChI is InChI=1S/C19H16ClN3O5S/c1-29(26,27)23-7-6-12-8-13(2-4-16(12)23)19(25)28-11-15-9-18(24)22-10-14(20)3-5-17(22)21-15/h2-5,8-10H,6-7,11H2,1H3. The van der Waals surface area contributed by atoms with Crippen molar-refractivity contribution in [3.8, 4) is 0 Å². The van der Waals surface area contributed by atoms with E-state index in [1.165, 1.54) is 27.0 Å². The first-order valence-electron chi connectivity index (χ1n) is 8.68. The molecule has 0 amide bonds. The molecule has 1 aliphatic rings. The molecule has 0 bridgehead atoms. The summed E-state index contributed by atoms with van der Waals surface area (Å²) in [4.78, 5) is 28.9. The lowest BCUT2D eigenvalue weighted by Gasteiger charge is -2.16. The monoisotopic (exact) mass is 433 g/mol. The molecule has 1 aliphatic heterocycles. The molecule has 0 spiro atoms. The number of benzene rings is 1. The van der Waals surface area contributed by atoms with Crippen molar-refractivity contribution in [3.05, 3.63) is 74.8 Å². The van der Waals surface area contributed by atoms with Gasteiger partial charge < -0.3 is 4.74 Å². The molecule has 0 atom stereocenters. The van der Waals surface area contributed by atoms with Gasteiger partial charge in [-0.15, -0.1) is 0 Å². The van der Waals surface area contributed by atoms with Gasteiger partial charge in [-0.2, -0.15) is 0 Å². The van der Waals surface area contributed by atoms with Crippen LogP contribution >= 0.6 is 11.6 Å². The van der Waals surface area contributed by atoms with Crippen LogP contribution in [0.15, 0.2) is 47.4 Å². The van der Waals surface area contributed by atoms with Crippen molar-refractivity contribution in [2.24, 2.45) is 0 Å². The van der Waals surface area contributed by atoms with Gasteiger partial charge in [0.2, 0.25) is 10.0 Å². The summed E-state index contributed by atoms with van der Waals surface area (Å²) in [5, 5.41) is 0.409. The summed E-state index contributed by atoms with van der Waals surface area (Å²) < 4.78 is 31.5. The highest BCUT2D eigenvalue weighted by atomic mass is 35.5. The lowest BCUT2D eigenvalue weighted by Crippen LogP contribution is -2.27. The fourth-order valence-corrected chi connectivity index (χ4v) is 4.38. The van der Waals surface area contributed by atoms with Crippen molar-refractivity contribution in [1.29, 1.82) is 0 Å². The van der Waals surface area contributed by atoms with E-state index < -0.39 is 16.0 Å². The summed E-state index contributed by atoms with van der Waals surface area (Å²) in [5.41, 5.74) is 2.03. The molecule has 8 nitrogen and oxygen atoms in total. The second-order valence-electron chi connectivity index (χ2n) is 6.67. The third-order valence-corrected chi connectivity index (χ3v) is 6.00. The smallest absolute Gasteiger partial charge is 0.338 e. The van der Waals surface area contributed by atoms with Crippen molar-refractivity contribution in [2.45, 2.75) is 13.0 Å². The number of sulfonamides is 1. The van der Waals surface area contributed by atoms with Crippen LogP contribution in [-0.2, 0) is 27.8 Å². The minimum atomic E-state index is -3.35. The number of aromatic nitrogens is 2. The fraction of sp³-hybridized carbons (Fsp3) is 0.211. The first-order valence-corrected chi connectivity index (χ1v) is 10.9. The van der Waals surface area contributed by atoms with Gasteiger partial charge in [-0.1, -0.05) is 11.6 Å². The summed E-state index contributed by atoms with van der Waals surface area (Å²) >= 11 is 5.88. The lowest BCUT2D eigenvalue weighted by molar-refractivity contribution is 0.0467. The molecule has 0 unspecified atom stereocenters. The maximum absolute atomic E-state index is 12.4. The van der Waals surface area contributed by atoms with Gasteiger partial charge in [-0.25, -0.2) is 18.2 Å². The zero-order valence-corrected chi connectivity index (χ0v) is 16.9. The van der Waals surface area contributed by atoms with Gasteiger partial charge in [0.05, 0.1) is 28.2 Å². The zero-order valence-electron chi connectivity index (χ0n) is 15.3. The molecule has 2 aromatic heterocycles. The SMILES string of the molecule is CS(=O)(=O)N1CCc2cc(C(=O)OCc3cc(=O)n4cc(Cl)ccc4n3)ccc21. The molecule has 150 valence electrons. The largest absolute Gasteiger partial charge is 0.456 e. The number of rotatable bonds is 4. The molecule has 0 aliphatic carbocycles. The average Bonchev–Trinajstić information content (AvgIpc) is 3.10. The van der Waals surface area contributed by atoms with Gasteiger partial charge in [0.25, 0.3) is 5.56 Å². The number of nitrogens with zero attached hydrogens (tertiary/aromatic N) is 3. The maximum Gasteiger partial charge on any atom is 0.338 e. The summed E-state index contributed by atoms with van der Waals surface area (Å²) in [5.74, 6) is -0.580. The third-order valence-electron chi connectivity index (χ3n) is 4.60. The Bertz CT molecular complexity index is 1300. The first kappa shape index (κ1) is 19.4. The van der Waals surface area contributed by atoms with E-state index in [1.54, 1.807) is 24.3 Å². The van der Waals surface area contributed by atoms with Crippen LogP contribution in [0.1, 0.15) is 21.6 Å². The normalized spacial score (nSPS) is 13.5. The maximum atomic E-state index is 12.4. The number of ether oxygens (including phenoxy) is 1. The van der Waals surface area contributed by atoms with E-state index in [4.69, 9.17) is 16.3 Å². The van der Waals surface area contributed by atoms with Crippen LogP contribution in [0, 0.1) is 0 Å². The van der Waals surface area contributed by atoms with Gasteiger partial charge in [-0.3, -0.25) is 13.5 Å². The number of pyridine rings is 1. The molecular weight excluding hydrogens is 418 g/mol. The van der Waals surface area contributed by atoms with Gasteiger partial charge >= 0.3 is 5.97 Å². The van der Waals surface area contributed by atoms with Crippen LogP contribution in [0.3, 0.4) is 0 Å². The summed E-state index contributed by atoms with van der Waals surface area (Å²) in [6.45, 7) is 0.182. The van der Waals surface area contributed by atoms with Crippen molar-refractivity contribution >= 4 is 38.9 Å². The second-order valence-corrected chi connectivity index (χ2v) is 9.01. The minimum absolute atomic E-state index is 0.167. The Morgan fingerprint density at radius 2 is 2.03 bits per heavy atom. The fourth-order valence-electron chi connectivity index (χ4n) is 3.27. The predicted molar refractivity (Wildman–Crippen MR) is 108 cm³/mol. The first-order chi connectivity index (χ1) is 13.7. The number of hydrogen-bond donors (Lipinski definition) is 0. The molecule has 4 rings (SSSR count). The van der Waals surface area contributed by atoms with Crippen LogP contribution in [0.25, 0.3) is 5.65 Å². The van der Waals surface area contributed by atoms with E-state index in [0.29, 0.717) is 40.6 Å². The topological polar surface area (TPSA) is 98.0 Å². The molecular formula is C19H16ClN3O5S. The second kappa shape index (κ2) is 7.16. The van der Waals surface area contributed by atoms with E-state index in [9.17, 15) is 18.0 Å². The number of carbonyl (C=O) groups is 1. The molecule has 0 N–H and O–H groups in total. The van der Waals surface area contributed by atoms with E-state index in [-0.39, 0.29) is 12.2 Å². The summed E-state index contributed by atoms with van der Waals surface area (Å²) in [7, 11) is -3.35. The van der Waals surface area contributed by atoms with Crippen molar-refractivity contribution in [2.75, 3.05) is 17.1 Å². The Hall–Kier alpha value is -2.91. The molecule has 0 fully saturated rings. The molecule has 10 heteroatoms. The van der Waals surface area contributed by atoms with Crippen molar-refractivity contribution in [1.82, 2.24) is 9.38 Å². The van der Waals surface area contributed by atoms with Crippen LogP contribution in [0.2, 0.25) is 5.02 Å². The Morgan fingerprint density at radius 1 is 1.24 bits per heavy atom. The van der Waals surface area contributed by atoms with Crippen LogP contribution < -0.4 is 9.86 Å². The number of fused-ring (bicyclic) bond motifs is 2. The molecule has 3 aromatic rings. The molecule has 3 heterocycles. The number of carbonyl (C=O) groups excluding carboxylic acids is 1. The lowest BCUT2D eigenvalue weighted by atomic mass is 10.1. The quantitative estimate of drug-likeness (QED) is 0.584. The van der Waals surface area contributed by atoms with Crippen molar-refractivity contribution in [3.63, 3.8) is 0 Å². The van der Waals surface area contributed by atoms with E-state index in [2.05, 4.69) is 4.98 Å². The average molecular weight is 434 g/mol. The van der Waals surface area contributed by atoms with Gasteiger partial charge in [0.15, 0.2) is 0 Å². The van der Waals surface area contributed by atoms with Crippen molar-refractivity contribution < 1.29 is 17.9 Å². The van der Waals surface area contributed by atoms with Crippen LogP contribution in [-0.4, -0.2) is 36.6 Å². The minimum Gasteiger partial charge on any atom is -0.456 e. The Morgan fingerprint density at radius 3 is 2.79 bits per heavy atom. The third kappa shape index (κ3) is 3.83. The Kier molecular flexibility index (Phi) is 4.79. The molecule has 0 saturated heterocycles. The van der Waals surface area contributed by atoms with E-state index in [1.807, 2.05) is 0 Å². The Balaban J connectivity index is 1.52. The van der Waals surface area contributed by atoms with Gasteiger partial charge in [0.1, 0.15) is 12.3 Å². The highest BCUT2D eigenvalue weighted by Crippen LogP contribution is 2.30. The predicted octanol–water partition coefficient (Wildman–Crippen LogP) is 2.03. The number of esters is 1. The highest BCUT2D eigenvalue weighted by Gasteiger charge is 2.27. The molecule has 1 aromatic carbocycles. The summed E-state index contributed by atoms with van der Waals surface area (Å²) in [6.07, 6.45) is 3.14. The number of hydrogen-bond acceptors (Lipinski definition) is 6. The van der Waals surface area contributed by atoms with Crippen LogP contribution in [0.4, 0.5) is 5.69 Å². The van der Waals surface area contributed by atoms with E-state index >= 15 is 0 Å². The highest BCUT2D eigenvalue weighted by molar-refractivity contribution is 7.92. The van der Waals surface area contributed by atoms with Gasteiger partial charge in [0, 0.05) is 18.8 Å². The van der Waals surface area contributed by atoms with E-state index in [0.717, 1.165) is 11.8 Å². The van der Waals surface area contributed by atoms with Crippen LogP contribution in [0.5, 0.6) is 0 Å². The number of halogens is 1. The summed E-state index contributed by atoms with van der Waals surface area (Å²) in [6, 6.07) is 9.25. The Labute approximate surface area is 171 Å². The zero-order chi connectivity index (χ0) is 20.8. The molecule has 0 saturated carbocycles. The molecule has 29 heavy (non-hydrogen) atoms.